The number of nitrogens with zero attached hydrogens (tertiary/aromatic N) is 2. The van der Waals surface area contributed by atoms with E-state index in [9.17, 15) is 8.42 Å². The second kappa shape index (κ2) is 8.05. The van der Waals surface area contributed by atoms with E-state index in [0.29, 0.717) is 17.9 Å². The van der Waals surface area contributed by atoms with Crippen molar-refractivity contribution in [3.63, 3.8) is 0 Å². The Hall–Kier alpha value is -3.18. The molecule has 152 valence electrons. The van der Waals surface area contributed by atoms with Gasteiger partial charge in [0.25, 0.3) is 10.0 Å². The Bertz CT molecular complexity index is 1080. The highest BCUT2D eigenvalue weighted by Gasteiger charge is 2.27. The maximum absolute atomic E-state index is 13.2. The predicted octanol–water partition coefficient (Wildman–Crippen LogP) is 3.56. The van der Waals surface area contributed by atoms with E-state index in [2.05, 4.69) is 6.07 Å². The van der Waals surface area contributed by atoms with Gasteiger partial charge in [-0.1, -0.05) is 18.2 Å². The Kier molecular flexibility index (Phi) is 5.71. The first kappa shape index (κ1) is 20.6. The van der Waals surface area contributed by atoms with Crippen molar-refractivity contribution in [1.29, 1.82) is 5.26 Å². The van der Waals surface area contributed by atoms with Crippen LogP contribution in [0.25, 0.3) is 6.08 Å². The van der Waals surface area contributed by atoms with Crippen molar-refractivity contribution in [2.24, 2.45) is 0 Å². The molecular weight excluding hydrogens is 392 g/mol. The number of nitriles is 1. The van der Waals surface area contributed by atoms with E-state index < -0.39 is 10.0 Å². The molecule has 2 aromatic carbocycles. The topological polar surface area (TPSA) is 88.9 Å². The minimum Gasteiger partial charge on any atom is -0.493 e. The first-order valence-corrected chi connectivity index (χ1v) is 10.3. The van der Waals surface area contributed by atoms with Crippen LogP contribution in [0.4, 0.5) is 5.69 Å². The number of benzene rings is 2. The molecule has 1 aliphatic carbocycles. The van der Waals surface area contributed by atoms with E-state index in [1.54, 1.807) is 12.1 Å². The largest absolute Gasteiger partial charge is 0.493 e. The van der Waals surface area contributed by atoms with Crippen molar-refractivity contribution in [2.75, 3.05) is 32.7 Å². The van der Waals surface area contributed by atoms with Crippen LogP contribution in [-0.2, 0) is 10.0 Å². The molecule has 1 aliphatic rings. The summed E-state index contributed by atoms with van der Waals surface area (Å²) < 4.78 is 43.5. The van der Waals surface area contributed by atoms with Gasteiger partial charge in [0.15, 0.2) is 11.5 Å². The number of allylic oxidation sites excluding steroid dienone is 1. The molecule has 0 fully saturated rings. The van der Waals surface area contributed by atoms with E-state index >= 15 is 0 Å². The SMILES string of the molecule is COc1cc(S(=O)(=O)N(C)c2ccc3c(c2)C=CC3CC#N)cc(OC)c1OC. The zero-order valence-corrected chi connectivity index (χ0v) is 17.5. The molecule has 0 radical (unpaired) electrons. The lowest BCUT2D eigenvalue weighted by Gasteiger charge is -2.22. The second-order valence-electron chi connectivity index (χ2n) is 6.47. The molecule has 3 rings (SSSR count). The van der Waals surface area contributed by atoms with Crippen LogP contribution in [0, 0.1) is 11.3 Å². The molecular formula is C21H22N2O5S. The van der Waals surface area contributed by atoms with Gasteiger partial charge in [0, 0.05) is 31.5 Å². The Labute approximate surface area is 170 Å². The number of ether oxygens (including phenoxy) is 3. The van der Waals surface area contributed by atoms with Crippen molar-refractivity contribution >= 4 is 21.8 Å². The number of hydrogen-bond acceptors (Lipinski definition) is 6. The molecule has 0 amide bonds. The smallest absolute Gasteiger partial charge is 0.264 e. The fraction of sp³-hybridized carbons (Fsp3) is 0.286. The first-order valence-electron chi connectivity index (χ1n) is 8.85. The summed E-state index contributed by atoms with van der Waals surface area (Å²) >= 11 is 0. The van der Waals surface area contributed by atoms with E-state index in [-0.39, 0.29) is 22.3 Å². The average molecular weight is 414 g/mol. The molecule has 2 aromatic rings. The normalized spacial score (nSPS) is 14.8. The van der Waals surface area contributed by atoms with Crippen LogP contribution in [0.3, 0.4) is 0 Å². The molecule has 0 aliphatic heterocycles. The van der Waals surface area contributed by atoms with Crippen LogP contribution in [-0.4, -0.2) is 36.8 Å². The predicted molar refractivity (Wildman–Crippen MR) is 110 cm³/mol. The third-order valence-electron chi connectivity index (χ3n) is 4.95. The summed E-state index contributed by atoms with van der Waals surface area (Å²) in [6, 6.07) is 10.4. The van der Waals surface area contributed by atoms with Crippen molar-refractivity contribution in [3.8, 4) is 23.3 Å². The number of hydrogen-bond donors (Lipinski definition) is 0. The highest BCUT2D eigenvalue weighted by atomic mass is 32.2. The number of sulfonamides is 1. The van der Waals surface area contributed by atoms with Crippen molar-refractivity contribution in [3.05, 3.63) is 47.5 Å². The maximum atomic E-state index is 13.2. The molecule has 1 unspecified atom stereocenters. The Morgan fingerprint density at radius 3 is 2.28 bits per heavy atom. The summed E-state index contributed by atoms with van der Waals surface area (Å²) in [7, 11) is 1.93. The summed E-state index contributed by atoms with van der Waals surface area (Å²) in [5.41, 5.74) is 2.45. The van der Waals surface area contributed by atoms with Gasteiger partial charge in [0.1, 0.15) is 0 Å². The van der Waals surface area contributed by atoms with E-state index in [4.69, 9.17) is 19.5 Å². The first-order chi connectivity index (χ1) is 13.9. The highest BCUT2D eigenvalue weighted by molar-refractivity contribution is 7.92. The van der Waals surface area contributed by atoms with Crippen LogP contribution in [0.2, 0.25) is 0 Å². The average Bonchev–Trinajstić information content (AvgIpc) is 3.14. The number of fused-ring (bicyclic) bond motifs is 1. The molecule has 0 spiro atoms. The number of anilines is 1. The number of methoxy groups -OCH3 is 3. The van der Waals surface area contributed by atoms with Gasteiger partial charge in [0.05, 0.1) is 38.0 Å². The fourth-order valence-corrected chi connectivity index (χ4v) is 4.56. The van der Waals surface area contributed by atoms with Crippen LogP contribution in [0.15, 0.2) is 41.3 Å². The molecule has 0 saturated carbocycles. The van der Waals surface area contributed by atoms with Crippen molar-refractivity contribution < 1.29 is 22.6 Å². The minimum atomic E-state index is -3.88. The summed E-state index contributed by atoms with van der Waals surface area (Å²) in [4.78, 5) is 0.0212. The van der Waals surface area contributed by atoms with Crippen LogP contribution in [0.1, 0.15) is 23.5 Å². The monoisotopic (exact) mass is 414 g/mol. The summed E-state index contributed by atoms with van der Waals surface area (Å²) in [5, 5.41) is 8.95. The molecule has 0 bridgehead atoms. The summed E-state index contributed by atoms with van der Waals surface area (Å²) in [5.74, 6) is 0.883. The van der Waals surface area contributed by atoms with Gasteiger partial charge in [-0.2, -0.15) is 5.26 Å². The molecule has 0 N–H and O–H groups in total. The summed E-state index contributed by atoms with van der Waals surface area (Å²) in [6.07, 6.45) is 4.27. The van der Waals surface area contributed by atoms with E-state index in [1.165, 1.54) is 44.8 Å². The zero-order chi connectivity index (χ0) is 21.2. The highest BCUT2D eigenvalue weighted by Crippen LogP contribution is 2.41. The van der Waals surface area contributed by atoms with Crippen LogP contribution < -0.4 is 18.5 Å². The van der Waals surface area contributed by atoms with Crippen LogP contribution in [0.5, 0.6) is 17.2 Å². The second-order valence-corrected chi connectivity index (χ2v) is 8.44. The van der Waals surface area contributed by atoms with Gasteiger partial charge in [-0.15, -0.1) is 0 Å². The lowest BCUT2D eigenvalue weighted by Crippen LogP contribution is -2.26. The van der Waals surface area contributed by atoms with Gasteiger partial charge in [-0.3, -0.25) is 4.31 Å². The molecule has 8 heteroatoms. The molecule has 0 saturated heterocycles. The number of rotatable bonds is 7. The Morgan fingerprint density at radius 1 is 1.07 bits per heavy atom. The Morgan fingerprint density at radius 2 is 1.72 bits per heavy atom. The molecule has 29 heavy (non-hydrogen) atoms. The van der Waals surface area contributed by atoms with Crippen LogP contribution >= 0.6 is 0 Å². The third kappa shape index (κ3) is 3.61. The molecule has 0 heterocycles. The quantitative estimate of drug-likeness (QED) is 0.688. The molecule has 0 aromatic heterocycles. The Balaban J connectivity index is 2.01. The van der Waals surface area contributed by atoms with E-state index in [0.717, 1.165) is 11.1 Å². The van der Waals surface area contributed by atoms with Gasteiger partial charge < -0.3 is 14.2 Å². The van der Waals surface area contributed by atoms with Gasteiger partial charge >= 0.3 is 0 Å². The lowest BCUT2D eigenvalue weighted by atomic mass is 9.98. The minimum absolute atomic E-state index is 0.0212. The molecule has 7 nitrogen and oxygen atoms in total. The van der Waals surface area contributed by atoms with Gasteiger partial charge in [-0.05, 0) is 23.3 Å². The lowest BCUT2D eigenvalue weighted by molar-refractivity contribution is 0.323. The third-order valence-corrected chi connectivity index (χ3v) is 6.71. The van der Waals surface area contributed by atoms with Crippen molar-refractivity contribution in [1.82, 2.24) is 0 Å². The van der Waals surface area contributed by atoms with Gasteiger partial charge in [-0.25, -0.2) is 8.42 Å². The standard InChI is InChI=1S/C21H22N2O5S/c1-23(16-7-8-18-14(9-10-22)5-6-15(18)11-16)29(24,25)17-12-19(26-2)21(28-4)20(13-17)27-3/h5-8,11-14H,9H2,1-4H3. The summed E-state index contributed by atoms with van der Waals surface area (Å²) in [6.45, 7) is 0. The zero-order valence-electron chi connectivity index (χ0n) is 16.7. The fourth-order valence-electron chi connectivity index (χ4n) is 3.34. The maximum Gasteiger partial charge on any atom is 0.264 e. The van der Waals surface area contributed by atoms with Gasteiger partial charge in [0.2, 0.25) is 5.75 Å². The van der Waals surface area contributed by atoms with Crippen molar-refractivity contribution in [2.45, 2.75) is 17.2 Å². The molecule has 1 atom stereocenters. The van der Waals surface area contributed by atoms with E-state index in [1.807, 2.05) is 18.2 Å².